The zero-order chi connectivity index (χ0) is 13.1. The molecule has 1 amide bonds. The zero-order valence-electron chi connectivity index (χ0n) is 9.16. The number of halogens is 3. The molecule has 2 unspecified atom stereocenters. The third-order valence-corrected chi connectivity index (χ3v) is 3.70. The third kappa shape index (κ3) is 1.48. The van der Waals surface area contributed by atoms with Crippen LogP contribution in [0.25, 0.3) is 0 Å². The number of likely N-dealkylation sites (tertiary alicyclic amines) is 1. The van der Waals surface area contributed by atoms with E-state index in [-0.39, 0.29) is 30.5 Å². The number of nitrogens with zero attached hydrogens (tertiary/aromatic N) is 2. The van der Waals surface area contributed by atoms with E-state index in [0.29, 0.717) is 12.1 Å². The van der Waals surface area contributed by atoms with Gasteiger partial charge in [-0.2, -0.15) is 18.3 Å². The topological polar surface area (TPSA) is 69.2 Å². The molecule has 3 rings (SSSR count). The largest absolute Gasteiger partial charge is 0.465 e. The van der Waals surface area contributed by atoms with Gasteiger partial charge in [-0.25, -0.2) is 4.79 Å². The highest BCUT2D eigenvalue weighted by atomic mass is 19.4. The van der Waals surface area contributed by atoms with Gasteiger partial charge in [-0.15, -0.1) is 0 Å². The number of amides is 1. The second kappa shape index (κ2) is 3.39. The molecule has 18 heavy (non-hydrogen) atoms. The predicted octanol–water partition coefficient (Wildman–Crippen LogP) is 1.68. The molecule has 8 heteroatoms. The first-order chi connectivity index (χ1) is 8.38. The Morgan fingerprint density at radius 3 is 2.78 bits per heavy atom. The van der Waals surface area contributed by atoms with Crippen LogP contribution >= 0.6 is 0 Å². The van der Waals surface area contributed by atoms with Crippen molar-refractivity contribution < 1.29 is 23.1 Å². The van der Waals surface area contributed by atoms with Crippen LogP contribution in [0.2, 0.25) is 0 Å². The molecule has 5 nitrogen and oxygen atoms in total. The van der Waals surface area contributed by atoms with Crippen molar-refractivity contribution in [3.8, 4) is 0 Å². The summed E-state index contributed by atoms with van der Waals surface area (Å²) in [5.41, 5.74) is -0.226. The van der Waals surface area contributed by atoms with Crippen LogP contribution in [0.15, 0.2) is 0 Å². The summed E-state index contributed by atoms with van der Waals surface area (Å²) in [4.78, 5) is 12.0. The van der Waals surface area contributed by atoms with Gasteiger partial charge in [0.05, 0.1) is 5.69 Å². The van der Waals surface area contributed by atoms with Crippen molar-refractivity contribution in [2.75, 3.05) is 13.1 Å². The van der Waals surface area contributed by atoms with E-state index < -0.39 is 18.0 Å². The lowest BCUT2D eigenvalue weighted by Crippen LogP contribution is -2.27. The van der Waals surface area contributed by atoms with Crippen molar-refractivity contribution in [3.63, 3.8) is 0 Å². The van der Waals surface area contributed by atoms with Crippen molar-refractivity contribution >= 4 is 6.09 Å². The lowest BCUT2D eigenvalue weighted by Gasteiger charge is -2.13. The summed E-state index contributed by atoms with van der Waals surface area (Å²) in [6.45, 7) is 0.406. The Morgan fingerprint density at radius 1 is 1.44 bits per heavy atom. The highest BCUT2D eigenvalue weighted by molar-refractivity contribution is 5.66. The molecule has 1 aromatic heterocycles. The van der Waals surface area contributed by atoms with E-state index in [9.17, 15) is 18.0 Å². The van der Waals surface area contributed by atoms with E-state index in [1.807, 2.05) is 5.10 Å². The minimum Gasteiger partial charge on any atom is -0.465 e. The number of nitrogens with one attached hydrogen (secondary N) is 1. The molecular formula is C10H10F3N3O2. The Balaban J connectivity index is 1.96. The Labute approximate surface area is 99.6 Å². The van der Waals surface area contributed by atoms with Crippen LogP contribution in [-0.4, -0.2) is 39.4 Å². The number of carboxylic acid groups (broad SMARTS) is 1. The van der Waals surface area contributed by atoms with Gasteiger partial charge < -0.3 is 10.0 Å². The fourth-order valence-corrected chi connectivity index (χ4v) is 2.97. The number of rotatable bonds is 0. The first kappa shape index (κ1) is 11.4. The van der Waals surface area contributed by atoms with E-state index in [1.54, 1.807) is 0 Å². The summed E-state index contributed by atoms with van der Waals surface area (Å²) in [6.07, 6.45) is -5.13. The Hall–Kier alpha value is -1.73. The first-order valence-electron chi connectivity index (χ1n) is 5.50. The van der Waals surface area contributed by atoms with Crippen LogP contribution in [0, 0.1) is 5.92 Å². The molecule has 0 spiro atoms. The Kier molecular flexibility index (Phi) is 2.14. The lowest BCUT2D eigenvalue weighted by molar-refractivity contribution is -0.142. The summed E-state index contributed by atoms with van der Waals surface area (Å²) in [6, 6.07) is 0. The van der Waals surface area contributed by atoms with E-state index >= 15 is 0 Å². The summed E-state index contributed by atoms with van der Waals surface area (Å²) >= 11 is 0. The highest BCUT2D eigenvalue weighted by Gasteiger charge is 2.49. The maximum atomic E-state index is 12.8. The summed E-state index contributed by atoms with van der Waals surface area (Å²) < 4.78 is 38.4. The van der Waals surface area contributed by atoms with Crippen LogP contribution in [0.1, 0.15) is 22.9 Å². The van der Waals surface area contributed by atoms with Gasteiger partial charge in [0.2, 0.25) is 0 Å². The van der Waals surface area contributed by atoms with Gasteiger partial charge in [0.1, 0.15) is 5.69 Å². The number of hydrogen-bond donors (Lipinski definition) is 2. The van der Waals surface area contributed by atoms with Crippen molar-refractivity contribution in [3.05, 3.63) is 17.0 Å². The van der Waals surface area contributed by atoms with E-state index in [2.05, 4.69) is 5.10 Å². The smallest absolute Gasteiger partial charge is 0.433 e. The second-order valence-corrected chi connectivity index (χ2v) is 4.71. The number of fused-ring (bicyclic) bond motifs is 3. The van der Waals surface area contributed by atoms with Gasteiger partial charge in [0.25, 0.3) is 0 Å². The number of H-pyrrole nitrogens is 1. The fourth-order valence-electron chi connectivity index (χ4n) is 2.97. The van der Waals surface area contributed by atoms with Crippen LogP contribution in [0.4, 0.5) is 18.0 Å². The molecule has 1 aliphatic heterocycles. The minimum absolute atomic E-state index is 0.0747. The zero-order valence-corrected chi connectivity index (χ0v) is 9.16. The van der Waals surface area contributed by atoms with Crippen LogP contribution in [0.3, 0.4) is 0 Å². The molecule has 0 saturated carbocycles. The van der Waals surface area contributed by atoms with Gasteiger partial charge in [0.15, 0.2) is 0 Å². The Morgan fingerprint density at radius 2 is 2.17 bits per heavy atom. The van der Waals surface area contributed by atoms with Crippen molar-refractivity contribution in [2.45, 2.75) is 18.5 Å². The predicted molar refractivity (Wildman–Crippen MR) is 53.1 cm³/mol. The number of aromatic amines is 1. The molecule has 2 N–H and O–H groups in total. The van der Waals surface area contributed by atoms with Crippen LogP contribution in [0.5, 0.6) is 0 Å². The molecule has 98 valence electrons. The molecule has 1 saturated heterocycles. The normalized spacial score (nSPS) is 26.3. The summed E-state index contributed by atoms with van der Waals surface area (Å²) in [7, 11) is 0. The van der Waals surface area contributed by atoms with Gasteiger partial charge in [-0.3, -0.25) is 5.10 Å². The molecule has 1 aliphatic carbocycles. The van der Waals surface area contributed by atoms with E-state index in [4.69, 9.17) is 5.11 Å². The van der Waals surface area contributed by atoms with Crippen molar-refractivity contribution in [1.29, 1.82) is 0 Å². The number of carbonyl (C=O) groups is 1. The van der Waals surface area contributed by atoms with Crippen molar-refractivity contribution in [1.82, 2.24) is 15.1 Å². The number of alkyl halides is 3. The van der Waals surface area contributed by atoms with Gasteiger partial charge >= 0.3 is 12.3 Å². The fraction of sp³-hybridized carbons (Fsp3) is 0.600. The highest BCUT2D eigenvalue weighted by Crippen LogP contribution is 2.47. The molecule has 0 bridgehead atoms. The van der Waals surface area contributed by atoms with E-state index in [1.165, 1.54) is 4.90 Å². The SMILES string of the molecule is O=C(O)N1CC2Cc3n[nH]c(C(F)(F)F)c3C2C1. The minimum atomic E-state index is -4.47. The van der Waals surface area contributed by atoms with Gasteiger partial charge in [0, 0.05) is 24.6 Å². The van der Waals surface area contributed by atoms with Crippen molar-refractivity contribution in [2.24, 2.45) is 5.92 Å². The van der Waals surface area contributed by atoms with Gasteiger partial charge in [-0.1, -0.05) is 0 Å². The number of aromatic nitrogens is 2. The third-order valence-electron chi connectivity index (χ3n) is 3.70. The second-order valence-electron chi connectivity index (χ2n) is 4.71. The summed E-state index contributed by atoms with van der Waals surface area (Å²) in [5, 5.41) is 14.6. The van der Waals surface area contributed by atoms with Crippen LogP contribution < -0.4 is 0 Å². The average Bonchev–Trinajstić information content (AvgIpc) is 2.82. The van der Waals surface area contributed by atoms with E-state index in [0.717, 1.165) is 0 Å². The molecule has 0 radical (unpaired) electrons. The first-order valence-corrected chi connectivity index (χ1v) is 5.50. The standard InChI is InChI=1S/C10H10F3N3O2/c11-10(12,13)8-7-5-3-16(9(17)18)2-4(5)1-6(7)14-15-8/h4-5H,1-3H2,(H,14,15)(H,17,18). The molecule has 0 aromatic carbocycles. The monoisotopic (exact) mass is 261 g/mol. The molecule has 2 heterocycles. The summed E-state index contributed by atoms with van der Waals surface area (Å²) in [5.74, 6) is -0.458. The molecule has 2 atom stereocenters. The van der Waals surface area contributed by atoms with Gasteiger partial charge in [-0.05, 0) is 12.3 Å². The average molecular weight is 261 g/mol. The van der Waals surface area contributed by atoms with Crippen LogP contribution in [-0.2, 0) is 12.6 Å². The molecule has 1 aromatic rings. The Bertz CT molecular complexity index is 511. The maximum Gasteiger partial charge on any atom is 0.433 e. The molecule has 2 aliphatic rings. The maximum absolute atomic E-state index is 12.8. The molecule has 1 fully saturated rings. The quantitative estimate of drug-likeness (QED) is 0.746. The number of hydrogen-bond acceptors (Lipinski definition) is 2. The molecular weight excluding hydrogens is 251 g/mol. The lowest BCUT2D eigenvalue weighted by atomic mass is 9.95.